The first kappa shape index (κ1) is 23.2. The first-order valence-corrected chi connectivity index (χ1v) is 11.8. The highest BCUT2D eigenvalue weighted by Crippen LogP contribution is 2.32. The number of hydrogen-bond donors (Lipinski definition) is 2. The van der Waals surface area contributed by atoms with Gasteiger partial charge in [-0.2, -0.15) is 10.2 Å². The minimum absolute atomic E-state index is 0.0227. The lowest BCUT2D eigenvalue weighted by molar-refractivity contribution is 0.0695. The fourth-order valence-corrected chi connectivity index (χ4v) is 4.65. The van der Waals surface area contributed by atoms with Gasteiger partial charge in [-0.3, -0.25) is 4.68 Å². The number of nitrogens with zero attached hydrogens (tertiary/aromatic N) is 5. The third kappa shape index (κ3) is 4.84. The number of alkyl halides is 1. The third-order valence-corrected chi connectivity index (χ3v) is 6.45. The Labute approximate surface area is 201 Å². The van der Waals surface area contributed by atoms with Crippen LogP contribution in [0.5, 0.6) is 5.75 Å². The molecule has 1 aliphatic rings. The van der Waals surface area contributed by atoms with E-state index in [1.54, 1.807) is 29.2 Å². The Morgan fingerprint density at radius 3 is 2.89 bits per heavy atom. The SMILES string of the molecule is CC(Nc1ccn2ncc(-c3cnn(C4CCCCC4O)c3)c2n1)c1cc(F)ccc1OCCF. The van der Waals surface area contributed by atoms with Crippen LogP contribution in [0.25, 0.3) is 16.8 Å². The number of aliphatic hydroxyl groups excluding tert-OH is 1. The minimum atomic E-state index is -0.628. The van der Waals surface area contributed by atoms with Gasteiger partial charge in [-0.25, -0.2) is 18.3 Å². The number of fused-ring (bicyclic) bond motifs is 1. The van der Waals surface area contributed by atoms with Gasteiger partial charge in [0.15, 0.2) is 5.65 Å². The summed E-state index contributed by atoms with van der Waals surface area (Å²) < 4.78 is 35.5. The van der Waals surface area contributed by atoms with Gasteiger partial charge in [0.1, 0.15) is 30.7 Å². The van der Waals surface area contributed by atoms with Crippen molar-refractivity contribution in [2.24, 2.45) is 0 Å². The second-order valence-corrected chi connectivity index (χ2v) is 8.85. The highest BCUT2D eigenvalue weighted by atomic mass is 19.1. The molecule has 5 rings (SSSR count). The van der Waals surface area contributed by atoms with Gasteiger partial charge in [-0.15, -0.1) is 0 Å². The van der Waals surface area contributed by atoms with Crippen molar-refractivity contribution >= 4 is 11.5 Å². The first-order valence-electron chi connectivity index (χ1n) is 11.8. The van der Waals surface area contributed by atoms with Crippen LogP contribution >= 0.6 is 0 Å². The summed E-state index contributed by atoms with van der Waals surface area (Å²) >= 11 is 0. The van der Waals surface area contributed by atoms with Crippen LogP contribution in [-0.2, 0) is 0 Å². The van der Waals surface area contributed by atoms with Crippen molar-refractivity contribution in [3.8, 4) is 16.9 Å². The van der Waals surface area contributed by atoms with Crippen molar-refractivity contribution in [1.29, 1.82) is 0 Å². The molecule has 184 valence electrons. The Kier molecular flexibility index (Phi) is 6.63. The number of halogens is 2. The van der Waals surface area contributed by atoms with Crippen molar-refractivity contribution in [3.05, 3.63) is 60.4 Å². The molecule has 1 aromatic carbocycles. The number of hydrogen-bond acceptors (Lipinski definition) is 6. The average molecular weight is 483 g/mol. The van der Waals surface area contributed by atoms with Crippen molar-refractivity contribution in [1.82, 2.24) is 24.4 Å². The Hall–Kier alpha value is -3.53. The van der Waals surface area contributed by atoms with Gasteiger partial charge in [-0.05, 0) is 44.0 Å². The minimum Gasteiger partial charge on any atom is -0.490 e. The lowest BCUT2D eigenvalue weighted by Gasteiger charge is -2.27. The van der Waals surface area contributed by atoms with Crippen LogP contribution in [0.1, 0.15) is 50.3 Å². The molecule has 3 atom stereocenters. The molecule has 3 heterocycles. The average Bonchev–Trinajstić information content (AvgIpc) is 3.50. The zero-order valence-electron chi connectivity index (χ0n) is 19.4. The van der Waals surface area contributed by atoms with E-state index in [4.69, 9.17) is 9.72 Å². The van der Waals surface area contributed by atoms with E-state index >= 15 is 0 Å². The largest absolute Gasteiger partial charge is 0.490 e. The normalized spacial score (nSPS) is 19.1. The van der Waals surface area contributed by atoms with E-state index in [1.807, 2.05) is 17.8 Å². The van der Waals surface area contributed by atoms with E-state index in [2.05, 4.69) is 15.5 Å². The summed E-state index contributed by atoms with van der Waals surface area (Å²) in [7, 11) is 0. The van der Waals surface area contributed by atoms with E-state index in [1.165, 1.54) is 18.2 Å². The summed E-state index contributed by atoms with van der Waals surface area (Å²) in [6.07, 6.45) is 10.6. The highest BCUT2D eigenvalue weighted by molar-refractivity contribution is 5.76. The van der Waals surface area contributed by atoms with Crippen molar-refractivity contribution in [2.75, 3.05) is 18.6 Å². The maximum Gasteiger partial charge on any atom is 0.165 e. The first-order chi connectivity index (χ1) is 17.0. The number of aliphatic hydroxyl groups is 1. The summed E-state index contributed by atoms with van der Waals surface area (Å²) in [5, 5.41) is 22.6. The maximum absolute atomic E-state index is 13.9. The monoisotopic (exact) mass is 482 g/mol. The van der Waals surface area contributed by atoms with Crippen LogP contribution in [0.3, 0.4) is 0 Å². The molecular weight excluding hydrogens is 454 g/mol. The second kappa shape index (κ2) is 9.99. The molecule has 4 aromatic rings. The Bertz CT molecular complexity index is 1310. The number of rotatable bonds is 8. The summed E-state index contributed by atoms with van der Waals surface area (Å²) in [4.78, 5) is 4.74. The van der Waals surface area contributed by atoms with Gasteiger partial charge in [-0.1, -0.05) is 12.8 Å². The molecule has 1 saturated carbocycles. The molecule has 0 radical (unpaired) electrons. The van der Waals surface area contributed by atoms with Gasteiger partial charge in [0.05, 0.1) is 30.6 Å². The number of anilines is 1. The molecule has 8 nitrogen and oxygen atoms in total. The molecule has 0 aliphatic heterocycles. The van der Waals surface area contributed by atoms with Gasteiger partial charge < -0.3 is 15.2 Å². The van der Waals surface area contributed by atoms with Crippen LogP contribution in [-0.4, -0.2) is 48.9 Å². The van der Waals surface area contributed by atoms with Crippen molar-refractivity contribution < 1.29 is 18.6 Å². The van der Waals surface area contributed by atoms with Crippen LogP contribution < -0.4 is 10.1 Å². The molecule has 0 amide bonds. The van der Waals surface area contributed by atoms with E-state index in [9.17, 15) is 13.9 Å². The van der Waals surface area contributed by atoms with Crippen LogP contribution in [0.15, 0.2) is 49.1 Å². The predicted molar refractivity (Wildman–Crippen MR) is 128 cm³/mol. The molecule has 0 spiro atoms. The molecule has 3 unspecified atom stereocenters. The maximum atomic E-state index is 13.9. The zero-order valence-corrected chi connectivity index (χ0v) is 19.4. The molecular formula is C25H28F2N6O2. The molecule has 0 saturated heterocycles. The standard InChI is InChI=1S/C25H28F2N6O2/c1-16(19-12-18(27)6-7-23(19)35-11-9-26)30-24-8-10-32-25(31-24)20(14-29-32)17-13-28-33(15-17)21-4-2-3-5-22(21)34/h6-8,10,12-16,21-22,34H,2-5,9,11H2,1H3,(H,30,31). The predicted octanol–water partition coefficient (Wildman–Crippen LogP) is 4.73. The number of aromatic nitrogens is 5. The summed E-state index contributed by atoms with van der Waals surface area (Å²) in [6, 6.07) is 5.58. The molecule has 1 aliphatic carbocycles. The van der Waals surface area contributed by atoms with Gasteiger partial charge in [0.2, 0.25) is 0 Å². The molecule has 10 heteroatoms. The topological polar surface area (TPSA) is 89.5 Å². The van der Waals surface area contributed by atoms with Gasteiger partial charge >= 0.3 is 0 Å². The Morgan fingerprint density at radius 1 is 1.20 bits per heavy atom. The number of benzene rings is 1. The van der Waals surface area contributed by atoms with Crippen molar-refractivity contribution in [3.63, 3.8) is 0 Å². The molecule has 2 N–H and O–H groups in total. The van der Waals surface area contributed by atoms with E-state index in [0.29, 0.717) is 22.8 Å². The highest BCUT2D eigenvalue weighted by Gasteiger charge is 2.25. The lowest BCUT2D eigenvalue weighted by atomic mass is 9.93. The van der Waals surface area contributed by atoms with Crippen LogP contribution in [0.2, 0.25) is 0 Å². The van der Waals surface area contributed by atoms with E-state index in [0.717, 1.165) is 36.8 Å². The quantitative estimate of drug-likeness (QED) is 0.378. The second-order valence-electron chi connectivity index (χ2n) is 8.85. The molecule has 35 heavy (non-hydrogen) atoms. The third-order valence-electron chi connectivity index (χ3n) is 6.45. The van der Waals surface area contributed by atoms with E-state index in [-0.39, 0.29) is 18.7 Å². The zero-order chi connectivity index (χ0) is 24.4. The molecule has 1 fully saturated rings. The Balaban J connectivity index is 1.40. The lowest BCUT2D eigenvalue weighted by Crippen LogP contribution is -2.27. The summed E-state index contributed by atoms with van der Waals surface area (Å²) in [5.41, 5.74) is 2.89. The summed E-state index contributed by atoms with van der Waals surface area (Å²) in [6.45, 7) is 1.14. The van der Waals surface area contributed by atoms with E-state index < -0.39 is 18.6 Å². The van der Waals surface area contributed by atoms with Crippen LogP contribution in [0, 0.1) is 5.82 Å². The van der Waals surface area contributed by atoms with Crippen LogP contribution in [0.4, 0.5) is 14.6 Å². The van der Waals surface area contributed by atoms with Gasteiger partial charge in [0, 0.05) is 29.1 Å². The molecule has 0 bridgehead atoms. The van der Waals surface area contributed by atoms with Crippen molar-refractivity contribution in [2.45, 2.75) is 50.8 Å². The number of nitrogens with one attached hydrogen (secondary N) is 1. The number of ether oxygens (including phenoxy) is 1. The Morgan fingerprint density at radius 2 is 2.06 bits per heavy atom. The fourth-order valence-electron chi connectivity index (χ4n) is 4.65. The molecule has 3 aromatic heterocycles. The summed E-state index contributed by atoms with van der Waals surface area (Å²) in [5.74, 6) is 0.595. The smallest absolute Gasteiger partial charge is 0.165 e. The van der Waals surface area contributed by atoms with Gasteiger partial charge in [0.25, 0.3) is 0 Å². The fraction of sp³-hybridized carbons (Fsp3) is 0.400.